The summed E-state index contributed by atoms with van der Waals surface area (Å²) in [5.41, 5.74) is 4.80. The number of benzene rings is 1. The number of carbonyl (C=O) groups excluding carboxylic acids is 1. The first-order chi connectivity index (χ1) is 13.7. The summed E-state index contributed by atoms with van der Waals surface area (Å²) < 4.78 is 2.18. The molecule has 0 unspecified atom stereocenters. The van der Waals surface area contributed by atoms with E-state index < -0.39 is 0 Å². The van der Waals surface area contributed by atoms with Gasteiger partial charge in [-0.2, -0.15) is 0 Å². The quantitative estimate of drug-likeness (QED) is 0.560. The van der Waals surface area contributed by atoms with Gasteiger partial charge in [-0.15, -0.1) is 11.3 Å². The van der Waals surface area contributed by atoms with Gasteiger partial charge in [-0.25, -0.2) is 4.79 Å². The molecule has 2 amide bonds. The van der Waals surface area contributed by atoms with Gasteiger partial charge in [-0.3, -0.25) is 0 Å². The number of hydrogen-bond donors (Lipinski definition) is 2. The normalized spacial score (nSPS) is 14.4. The van der Waals surface area contributed by atoms with E-state index in [4.69, 9.17) is 0 Å². The third-order valence-corrected chi connectivity index (χ3v) is 6.75. The van der Waals surface area contributed by atoms with Crippen molar-refractivity contribution in [3.05, 3.63) is 70.4 Å². The van der Waals surface area contributed by atoms with Crippen molar-refractivity contribution < 1.29 is 4.79 Å². The van der Waals surface area contributed by atoms with E-state index in [0.29, 0.717) is 0 Å². The fraction of sp³-hybridized carbons (Fsp3) is 0.348. The lowest BCUT2D eigenvalue weighted by atomic mass is 9.93. The average Bonchev–Trinajstić information content (AvgIpc) is 3.36. The van der Waals surface area contributed by atoms with Crippen LogP contribution in [0.4, 0.5) is 10.5 Å². The molecule has 0 radical (unpaired) electrons. The van der Waals surface area contributed by atoms with E-state index in [0.717, 1.165) is 24.9 Å². The van der Waals surface area contributed by atoms with Gasteiger partial charge in [0.2, 0.25) is 0 Å². The molecule has 2 N–H and O–H groups in total. The van der Waals surface area contributed by atoms with Gasteiger partial charge in [-0.05, 0) is 74.4 Å². The molecule has 4 rings (SSSR count). The molecule has 0 saturated carbocycles. The molecule has 3 aromatic rings. The van der Waals surface area contributed by atoms with Crippen molar-refractivity contribution >= 4 is 23.1 Å². The molecule has 1 aliphatic rings. The van der Waals surface area contributed by atoms with Crippen LogP contribution in [0.15, 0.2) is 48.8 Å². The molecule has 0 saturated heterocycles. The number of urea groups is 1. The van der Waals surface area contributed by atoms with Crippen molar-refractivity contribution in [3.8, 4) is 5.00 Å². The van der Waals surface area contributed by atoms with Crippen molar-refractivity contribution in [2.24, 2.45) is 0 Å². The second kappa shape index (κ2) is 8.23. The average molecular weight is 394 g/mol. The molecule has 1 aromatic carbocycles. The minimum Gasteiger partial charge on any atom is -0.331 e. The fourth-order valence-electron chi connectivity index (χ4n) is 3.94. The first kappa shape index (κ1) is 18.8. The number of thiophene rings is 1. The summed E-state index contributed by atoms with van der Waals surface area (Å²) in [6.07, 6.45) is 9.91. The molecule has 1 atom stereocenters. The number of rotatable bonds is 5. The van der Waals surface area contributed by atoms with Crippen LogP contribution in [0.3, 0.4) is 0 Å². The van der Waals surface area contributed by atoms with Gasteiger partial charge in [0.05, 0.1) is 6.04 Å². The number of fused-ring (bicyclic) bond motifs is 1. The minimum absolute atomic E-state index is 0.0505. The van der Waals surface area contributed by atoms with E-state index in [1.54, 1.807) is 0 Å². The zero-order valence-electron chi connectivity index (χ0n) is 16.5. The van der Waals surface area contributed by atoms with Crippen LogP contribution in [0.5, 0.6) is 0 Å². The van der Waals surface area contributed by atoms with Gasteiger partial charge < -0.3 is 15.2 Å². The summed E-state index contributed by atoms with van der Waals surface area (Å²) >= 11 is 1.87. The molecule has 28 heavy (non-hydrogen) atoms. The predicted octanol–water partition coefficient (Wildman–Crippen LogP) is 5.86. The molecule has 1 aliphatic carbocycles. The minimum atomic E-state index is -0.161. The van der Waals surface area contributed by atoms with Crippen LogP contribution in [0.1, 0.15) is 54.3 Å². The number of aryl methyl sites for hydroxylation is 2. The van der Waals surface area contributed by atoms with Crippen LogP contribution in [-0.2, 0) is 19.3 Å². The van der Waals surface area contributed by atoms with E-state index >= 15 is 0 Å². The highest BCUT2D eigenvalue weighted by atomic mass is 32.1. The number of aromatic nitrogens is 1. The van der Waals surface area contributed by atoms with Crippen LogP contribution in [-0.4, -0.2) is 10.6 Å². The predicted molar refractivity (Wildman–Crippen MR) is 117 cm³/mol. The summed E-state index contributed by atoms with van der Waals surface area (Å²) in [5, 5.41) is 7.36. The molecular formula is C23H27N3OS. The highest BCUT2D eigenvalue weighted by molar-refractivity contribution is 7.15. The Kier molecular flexibility index (Phi) is 5.53. The highest BCUT2D eigenvalue weighted by Crippen LogP contribution is 2.40. The van der Waals surface area contributed by atoms with Crippen LogP contribution in [0, 0.1) is 0 Å². The van der Waals surface area contributed by atoms with Gasteiger partial charge in [0.15, 0.2) is 0 Å². The Labute approximate surface area is 170 Å². The van der Waals surface area contributed by atoms with Crippen molar-refractivity contribution in [1.29, 1.82) is 0 Å². The SMILES string of the molecule is CCc1ccc(NC(=O)N[C@@H](C)c2c(-n3cccc3)sc3c2CCCC3)cc1. The number of carbonyl (C=O) groups is 1. The molecule has 4 nitrogen and oxygen atoms in total. The maximum Gasteiger partial charge on any atom is 0.319 e. The number of hydrogen-bond acceptors (Lipinski definition) is 2. The zero-order valence-corrected chi connectivity index (χ0v) is 17.3. The second-order valence-corrected chi connectivity index (χ2v) is 8.47. The van der Waals surface area contributed by atoms with Crippen molar-refractivity contribution in [1.82, 2.24) is 9.88 Å². The van der Waals surface area contributed by atoms with E-state index in [9.17, 15) is 4.79 Å². The van der Waals surface area contributed by atoms with Crippen molar-refractivity contribution in [2.75, 3.05) is 5.32 Å². The van der Waals surface area contributed by atoms with Crippen molar-refractivity contribution in [3.63, 3.8) is 0 Å². The van der Waals surface area contributed by atoms with Crippen LogP contribution >= 0.6 is 11.3 Å². The largest absolute Gasteiger partial charge is 0.331 e. The Balaban J connectivity index is 1.54. The first-order valence-electron chi connectivity index (χ1n) is 10.1. The van der Waals surface area contributed by atoms with Gasteiger partial charge in [0, 0.05) is 28.5 Å². The first-order valence-corrected chi connectivity index (χ1v) is 10.9. The monoisotopic (exact) mass is 393 g/mol. The van der Waals surface area contributed by atoms with Crippen LogP contribution in [0.25, 0.3) is 5.00 Å². The van der Waals surface area contributed by atoms with E-state index in [1.165, 1.54) is 39.4 Å². The molecule has 0 fully saturated rings. The molecular weight excluding hydrogens is 366 g/mol. The molecule has 0 spiro atoms. The third kappa shape index (κ3) is 3.85. The van der Waals surface area contributed by atoms with Gasteiger partial charge in [0.25, 0.3) is 0 Å². The molecule has 0 bridgehead atoms. The Morgan fingerprint density at radius 1 is 1.14 bits per heavy atom. The third-order valence-electron chi connectivity index (χ3n) is 5.43. The fourth-order valence-corrected chi connectivity index (χ4v) is 5.40. The summed E-state index contributed by atoms with van der Waals surface area (Å²) in [5.74, 6) is 0. The van der Waals surface area contributed by atoms with Crippen molar-refractivity contribution in [2.45, 2.75) is 52.0 Å². The number of anilines is 1. The number of nitrogens with one attached hydrogen (secondary N) is 2. The summed E-state index contributed by atoms with van der Waals surface area (Å²) in [7, 11) is 0. The Morgan fingerprint density at radius 3 is 2.57 bits per heavy atom. The molecule has 2 aromatic heterocycles. The van der Waals surface area contributed by atoms with E-state index in [-0.39, 0.29) is 12.1 Å². The number of amides is 2. The molecule has 2 heterocycles. The van der Waals surface area contributed by atoms with E-state index in [1.807, 2.05) is 35.6 Å². The molecule has 5 heteroatoms. The standard InChI is InChI=1S/C23H27N3OS/c1-3-17-10-12-18(13-11-17)25-23(27)24-16(2)21-19-8-4-5-9-20(19)28-22(21)26-14-6-7-15-26/h6-7,10-16H,3-5,8-9H2,1-2H3,(H2,24,25,27)/t16-/m0/s1. The zero-order chi connectivity index (χ0) is 19.5. The Bertz CT molecular complexity index is 941. The lowest BCUT2D eigenvalue weighted by molar-refractivity contribution is 0.249. The van der Waals surface area contributed by atoms with Crippen LogP contribution < -0.4 is 10.6 Å². The lowest BCUT2D eigenvalue weighted by Gasteiger charge is -2.20. The topological polar surface area (TPSA) is 46.1 Å². The number of nitrogens with zero attached hydrogens (tertiary/aromatic N) is 1. The molecule has 0 aliphatic heterocycles. The maximum absolute atomic E-state index is 12.6. The summed E-state index contributed by atoms with van der Waals surface area (Å²) in [6, 6.07) is 11.9. The summed E-state index contributed by atoms with van der Waals surface area (Å²) in [6.45, 7) is 4.21. The van der Waals surface area contributed by atoms with Gasteiger partial charge in [0.1, 0.15) is 5.00 Å². The molecule has 146 valence electrons. The smallest absolute Gasteiger partial charge is 0.319 e. The maximum atomic E-state index is 12.6. The van der Waals surface area contributed by atoms with Crippen LogP contribution in [0.2, 0.25) is 0 Å². The van der Waals surface area contributed by atoms with Gasteiger partial charge >= 0.3 is 6.03 Å². The lowest BCUT2D eigenvalue weighted by Crippen LogP contribution is -2.32. The highest BCUT2D eigenvalue weighted by Gasteiger charge is 2.25. The second-order valence-electron chi connectivity index (χ2n) is 7.39. The Hall–Kier alpha value is -2.53. The summed E-state index contributed by atoms with van der Waals surface area (Å²) in [4.78, 5) is 14.1. The Morgan fingerprint density at radius 2 is 1.86 bits per heavy atom. The van der Waals surface area contributed by atoms with Gasteiger partial charge in [-0.1, -0.05) is 19.1 Å². The van der Waals surface area contributed by atoms with E-state index in [2.05, 4.69) is 53.6 Å².